The summed E-state index contributed by atoms with van der Waals surface area (Å²) in [4.78, 5) is 0. The van der Waals surface area contributed by atoms with Crippen LogP contribution in [0.5, 0.6) is 0 Å². The second kappa shape index (κ2) is 11.9. The van der Waals surface area contributed by atoms with Crippen molar-refractivity contribution in [2.24, 2.45) is 0 Å². The molecule has 2 saturated heterocycles. The molecule has 2 aliphatic heterocycles. The van der Waals surface area contributed by atoms with Crippen LogP contribution in [0, 0.1) is 0 Å². The van der Waals surface area contributed by atoms with E-state index in [1.165, 1.54) is 10.4 Å². The van der Waals surface area contributed by atoms with Crippen molar-refractivity contribution in [1.82, 2.24) is 0 Å². The summed E-state index contributed by atoms with van der Waals surface area (Å²) in [5.74, 6) is -2.57. The van der Waals surface area contributed by atoms with Crippen LogP contribution in [0.3, 0.4) is 0 Å². The van der Waals surface area contributed by atoms with Crippen LogP contribution >= 0.6 is 12.6 Å². The number of ether oxygens (including phenoxy) is 4. The van der Waals surface area contributed by atoms with E-state index in [2.05, 4.69) is 81.9 Å². The molecule has 2 aliphatic rings. The molecule has 3 unspecified atom stereocenters. The zero-order chi connectivity index (χ0) is 29.3. The van der Waals surface area contributed by atoms with Crippen LogP contribution in [0.15, 0.2) is 91.0 Å². The summed E-state index contributed by atoms with van der Waals surface area (Å²) in [6, 6.07) is 30.8. The first-order chi connectivity index (χ1) is 19.5. The minimum Gasteiger partial charge on any atom is -0.405 e. The van der Waals surface area contributed by atoms with Crippen molar-refractivity contribution in [3.8, 4) is 0 Å². The number of thiol groups is 1. The Balaban J connectivity index is 1.48. The molecule has 0 saturated carbocycles. The Morgan fingerprint density at radius 2 is 1.32 bits per heavy atom. The first-order valence-corrected chi connectivity index (χ1v) is 16.8. The maximum Gasteiger partial charge on any atom is 0.261 e. The third-order valence-corrected chi connectivity index (χ3v) is 13.5. The minimum absolute atomic E-state index is 0.0230. The van der Waals surface area contributed by atoms with E-state index in [0.717, 1.165) is 5.56 Å². The number of fused-ring (bicyclic) bond motifs is 1. The van der Waals surface area contributed by atoms with Crippen LogP contribution in [0.25, 0.3) is 0 Å². The van der Waals surface area contributed by atoms with Gasteiger partial charge in [0.25, 0.3) is 8.32 Å². The van der Waals surface area contributed by atoms with E-state index in [-0.39, 0.29) is 17.4 Å². The van der Waals surface area contributed by atoms with E-state index in [9.17, 15) is 5.11 Å². The highest BCUT2D eigenvalue weighted by atomic mass is 32.1. The molecule has 0 spiro atoms. The van der Waals surface area contributed by atoms with Gasteiger partial charge in [0, 0.05) is 5.75 Å². The van der Waals surface area contributed by atoms with Gasteiger partial charge in [-0.2, -0.15) is 12.6 Å². The highest BCUT2D eigenvalue weighted by Gasteiger charge is 2.61. The van der Waals surface area contributed by atoms with Gasteiger partial charge < -0.3 is 28.5 Å². The van der Waals surface area contributed by atoms with Gasteiger partial charge in [0.05, 0.1) is 13.2 Å². The highest BCUT2D eigenvalue weighted by molar-refractivity contribution is 7.80. The van der Waals surface area contributed by atoms with Crippen LogP contribution < -0.4 is 10.4 Å². The third kappa shape index (κ3) is 6.08. The van der Waals surface area contributed by atoms with E-state index in [1.54, 1.807) is 0 Å². The highest BCUT2D eigenvalue weighted by Crippen LogP contribution is 2.44. The summed E-state index contributed by atoms with van der Waals surface area (Å²) in [7, 11) is -2.85. The summed E-state index contributed by atoms with van der Waals surface area (Å²) in [6.07, 6.45) is -2.51. The van der Waals surface area contributed by atoms with E-state index < -0.39 is 44.3 Å². The summed E-state index contributed by atoms with van der Waals surface area (Å²) in [5.41, 5.74) is 0.987. The van der Waals surface area contributed by atoms with E-state index in [4.69, 9.17) is 23.4 Å². The average Bonchev–Trinajstić information content (AvgIpc) is 3.29. The Labute approximate surface area is 250 Å². The van der Waals surface area contributed by atoms with Gasteiger partial charge in [-0.1, -0.05) is 112 Å². The molecule has 0 aliphatic carbocycles. The zero-order valence-corrected chi connectivity index (χ0v) is 26.4. The molecule has 2 heterocycles. The third-order valence-electron chi connectivity index (χ3n) is 8.01. The first-order valence-electron chi connectivity index (χ1n) is 14.3. The summed E-state index contributed by atoms with van der Waals surface area (Å²) < 4.78 is 32.8. The molecular formula is C33H42O6SSi. The number of rotatable bonds is 9. The van der Waals surface area contributed by atoms with Crippen molar-refractivity contribution in [3.63, 3.8) is 0 Å². The van der Waals surface area contributed by atoms with E-state index in [1.807, 2.05) is 56.3 Å². The molecule has 3 aromatic carbocycles. The Kier molecular flexibility index (Phi) is 8.86. The lowest BCUT2D eigenvalue weighted by atomic mass is 9.93. The molecule has 2 fully saturated rings. The lowest BCUT2D eigenvalue weighted by Crippen LogP contribution is -2.69. The van der Waals surface area contributed by atoms with Gasteiger partial charge in [-0.25, -0.2) is 0 Å². The summed E-state index contributed by atoms with van der Waals surface area (Å²) in [5, 5.41) is 14.0. The molecule has 41 heavy (non-hydrogen) atoms. The molecule has 0 bridgehead atoms. The predicted octanol–water partition coefficient (Wildman–Crippen LogP) is 4.69. The fourth-order valence-corrected chi connectivity index (χ4v) is 11.0. The maximum atomic E-state index is 11.8. The van der Waals surface area contributed by atoms with Gasteiger partial charge >= 0.3 is 0 Å². The molecule has 0 aromatic heterocycles. The van der Waals surface area contributed by atoms with Crippen LogP contribution in [0.2, 0.25) is 5.04 Å². The van der Waals surface area contributed by atoms with Crippen molar-refractivity contribution in [3.05, 3.63) is 96.6 Å². The fourth-order valence-electron chi connectivity index (χ4n) is 6.20. The van der Waals surface area contributed by atoms with Gasteiger partial charge in [-0.15, -0.1) is 0 Å². The van der Waals surface area contributed by atoms with Crippen LogP contribution in [0.1, 0.15) is 40.2 Å². The molecule has 5 rings (SSSR count). The first kappa shape index (κ1) is 30.4. The lowest BCUT2D eigenvalue weighted by molar-refractivity contribution is -0.332. The number of benzene rings is 3. The standard InChI is InChI=1S/C33H42O6SSi/c1-31(2,3)41(25-17-11-7-12-18-25,26-19-13-8-14-20-26)36-22-27-28-29(39-32(4,5)38-28)30(33(34,23-40)37-27)35-21-24-15-9-6-10-16-24/h6-20,27-30,34,40H,21-23H2,1-5H3/t27?,28-,29?,30?,33-/m0/s1. The molecule has 0 amide bonds. The second-order valence-corrected chi connectivity index (χ2v) is 17.0. The van der Waals surface area contributed by atoms with E-state index in [0.29, 0.717) is 6.61 Å². The molecule has 3 aromatic rings. The molecule has 5 atom stereocenters. The average molecular weight is 595 g/mol. The topological polar surface area (TPSA) is 66.4 Å². The Bertz CT molecular complexity index is 1230. The SMILES string of the molecule is CC1(C)OC2C(OCc3ccccc3)[C@](O)(CS)OC(CO[Si](c3ccccc3)(c3ccccc3)C(C)(C)C)[C@@H]2O1. The van der Waals surface area contributed by atoms with Crippen molar-refractivity contribution in [2.75, 3.05) is 12.4 Å². The van der Waals surface area contributed by atoms with Gasteiger partial charge in [0.2, 0.25) is 5.79 Å². The van der Waals surface area contributed by atoms with Crippen molar-refractivity contribution < 1.29 is 28.5 Å². The normalized spacial score (nSPS) is 27.9. The second-order valence-electron chi connectivity index (χ2n) is 12.4. The van der Waals surface area contributed by atoms with Crippen molar-refractivity contribution in [2.45, 2.75) is 82.3 Å². The largest absolute Gasteiger partial charge is 0.405 e. The molecule has 0 radical (unpaired) electrons. The molecule has 1 N–H and O–H groups in total. The molecule has 8 heteroatoms. The summed E-state index contributed by atoms with van der Waals surface area (Å²) in [6.45, 7) is 11.0. The van der Waals surface area contributed by atoms with Crippen molar-refractivity contribution >= 4 is 31.3 Å². The Morgan fingerprint density at radius 3 is 1.83 bits per heavy atom. The molecule has 220 valence electrons. The maximum absolute atomic E-state index is 11.8. The molecular weight excluding hydrogens is 553 g/mol. The van der Waals surface area contributed by atoms with Gasteiger partial charge in [-0.05, 0) is 34.8 Å². The van der Waals surface area contributed by atoms with Gasteiger partial charge in [0.1, 0.15) is 24.4 Å². The quantitative estimate of drug-likeness (QED) is 0.277. The van der Waals surface area contributed by atoms with Crippen LogP contribution in [-0.4, -0.2) is 61.8 Å². The van der Waals surface area contributed by atoms with Crippen molar-refractivity contribution in [1.29, 1.82) is 0 Å². The summed E-state index contributed by atoms with van der Waals surface area (Å²) >= 11 is 4.50. The van der Waals surface area contributed by atoms with Crippen LogP contribution in [-0.2, 0) is 30.0 Å². The Morgan fingerprint density at radius 1 is 0.805 bits per heavy atom. The number of aliphatic hydroxyl groups is 1. The zero-order valence-electron chi connectivity index (χ0n) is 24.5. The van der Waals surface area contributed by atoms with Crippen LogP contribution in [0.4, 0.5) is 0 Å². The smallest absolute Gasteiger partial charge is 0.261 e. The Hall–Kier alpha value is -2.01. The minimum atomic E-state index is -2.85. The molecule has 6 nitrogen and oxygen atoms in total. The van der Waals surface area contributed by atoms with Gasteiger partial charge in [0.15, 0.2) is 5.79 Å². The number of hydrogen-bond donors (Lipinski definition) is 2. The van der Waals surface area contributed by atoms with Gasteiger partial charge in [-0.3, -0.25) is 0 Å². The number of hydrogen-bond acceptors (Lipinski definition) is 7. The predicted molar refractivity (Wildman–Crippen MR) is 166 cm³/mol. The monoisotopic (exact) mass is 594 g/mol. The fraction of sp³-hybridized carbons (Fsp3) is 0.455. The lowest BCUT2D eigenvalue weighted by Gasteiger charge is -2.48. The van der Waals surface area contributed by atoms with E-state index >= 15 is 0 Å².